The number of nitrogens with zero attached hydrogens (tertiary/aromatic N) is 2. The van der Waals surface area contributed by atoms with Crippen LogP contribution in [0.5, 0.6) is 5.75 Å². The fourth-order valence-corrected chi connectivity index (χ4v) is 5.23. The molecule has 0 heterocycles. The molecule has 0 aromatic heterocycles. The van der Waals surface area contributed by atoms with Crippen LogP contribution in [0.4, 0.5) is 11.4 Å². The Bertz CT molecular complexity index is 1000. The first kappa shape index (κ1) is 20.4. The number of nitro benzene ring substituents is 1. The van der Waals surface area contributed by atoms with Gasteiger partial charge in [-0.3, -0.25) is 14.4 Å². The van der Waals surface area contributed by atoms with Crippen LogP contribution < -0.4 is 9.04 Å². The summed E-state index contributed by atoms with van der Waals surface area (Å²) in [6, 6.07) is 8.75. The fraction of sp³-hybridized carbons (Fsp3) is 0.368. The number of ether oxygens (including phenoxy) is 1. The summed E-state index contributed by atoms with van der Waals surface area (Å²) in [5, 5.41) is 11.4. The summed E-state index contributed by atoms with van der Waals surface area (Å²) < 4.78 is 33.5. The maximum absolute atomic E-state index is 13.5. The van der Waals surface area contributed by atoms with E-state index >= 15 is 0 Å². The summed E-state index contributed by atoms with van der Waals surface area (Å²) in [7, 11) is -2.54. The Kier molecular flexibility index (Phi) is 5.54. The van der Waals surface area contributed by atoms with Gasteiger partial charge in [0.15, 0.2) is 0 Å². The molecule has 0 radical (unpaired) electrons. The summed E-state index contributed by atoms with van der Waals surface area (Å²) in [6.07, 6.45) is 1.89. The fourth-order valence-electron chi connectivity index (χ4n) is 3.18. The highest BCUT2D eigenvalue weighted by Crippen LogP contribution is 2.40. The molecule has 9 heteroatoms. The highest BCUT2D eigenvalue weighted by atomic mass is 35.5. The smallest absolute Gasteiger partial charge is 0.275 e. The molecule has 0 N–H and O–H groups in total. The molecule has 3 rings (SSSR count). The van der Waals surface area contributed by atoms with E-state index < -0.39 is 14.9 Å². The second kappa shape index (κ2) is 7.60. The number of sulfonamides is 1. The number of anilines is 1. The molecule has 1 aliphatic rings. The standard InChI is InChI=1S/C19H21ClN2O5S/c1-12-18(20)10-17(11-19(12)22(23)24)28(25,26)21(13(2)14-4-5-14)15-6-8-16(27-3)9-7-15/h6-11,13-14H,4-5H2,1-3H3. The van der Waals surface area contributed by atoms with Crippen LogP contribution >= 0.6 is 11.6 Å². The third-order valence-electron chi connectivity index (χ3n) is 5.04. The van der Waals surface area contributed by atoms with Crippen molar-refractivity contribution in [2.75, 3.05) is 11.4 Å². The van der Waals surface area contributed by atoms with Crippen LogP contribution in [0, 0.1) is 23.0 Å². The molecule has 1 unspecified atom stereocenters. The Hall–Kier alpha value is -2.32. The van der Waals surface area contributed by atoms with Crippen LogP contribution in [0.1, 0.15) is 25.3 Å². The summed E-state index contributed by atoms with van der Waals surface area (Å²) >= 11 is 6.11. The van der Waals surface area contributed by atoms with Gasteiger partial charge in [0.1, 0.15) is 5.75 Å². The maximum Gasteiger partial charge on any atom is 0.275 e. The molecule has 2 aromatic rings. The Morgan fingerprint density at radius 1 is 1.25 bits per heavy atom. The van der Waals surface area contributed by atoms with E-state index in [1.807, 2.05) is 6.92 Å². The Balaban J connectivity index is 2.14. The number of halogens is 1. The first-order valence-corrected chi connectivity index (χ1v) is 10.6. The van der Waals surface area contributed by atoms with Gasteiger partial charge in [0.25, 0.3) is 15.7 Å². The third kappa shape index (κ3) is 3.79. The van der Waals surface area contributed by atoms with Gasteiger partial charge in [-0.05, 0) is 62.9 Å². The van der Waals surface area contributed by atoms with Crippen LogP contribution in [0.15, 0.2) is 41.3 Å². The Morgan fingerprint density at radius 2 is 1.86 bits per heavy atom. The Labute approximate surface area is 169 Å². The minimum Gasteiger partial charge on any atom is -0.497 e. The highest BCUT2D eigenvalue weighted by Gasteiger charge is 2.39. The van der Waals surface area contributed by atoms with Crippen molar-refractivity contribution in [3.05, 3.63) is 57.1 Å². The molecule has 0 bridgehead atoms. The topological polar surface area (TPSA) is 89.8 Å². The van der Waals surface area contributed by atoms with Crippen molar-refractivity contribution in [1.29, 1.82) is 0 Å². The summed E-state index contributed by atoms with van der Waals surface area (Å²) in [4.78, 5) is 10.5. The first-order valence-electron chi connectivity index (χ1n) is 8.80. The average Bonchev–Trinajstić information content (AvgIpc) is 3.49. The first-order chi connectivity index (χ1) is 13.2. The molecule has 7 nitrogen and oxygen atoms in total. The molecule has 28 heavy (non-hydrogen) atoms. The van der Waals surface area contributed by atoms with Crippen molar-refractivity contribution in [3.63, 3.8) is 0 Å². The molecular weight excluding hydrogens is 404 g/mol. The van der Waals surface area contributed by atoms with Crippen molar-refractivity contribution < 1.29 is 18.1 Å². The van der Waals surface area contributed by atoms with E-state index in [9.17, 15) is 18.5 Å². The van der Waals surface area contributed by atoms with E-state index in [0.29, 0.717) is 11.4 Å². The largest absolute Gasteiger partial charge is 0.497 e. The number of methoxy groups -OCH3 is 1. The highest BCUT2D eigenvalue weighted by molar-refractivity contribution is 7.92. The third-order valence-corrected chi connectivity index (χ3v) is 7.33. The molecular formula is C19H21ClN2O5S. The lowest BCUT2D eigenvalue weighted by molar-refractivity contribution is -0.385. The van der Waals surface area contributed by atoms with Gasteiger partial charge in [0, 0.05) is 17.7 Å². The van der Waals surface area contributed by atoms with E-state index in [4.69, 9.17) is 16.3 Å². The van der Waals surface area contributed by atoms with Crippen LogP contribution in [0.3, 0.4) is 0 Å². The summed E-state index contributed by atoms with van der Waals surface area (Å²) in [6.45, 7) is 3.34. The molecule has 2 aromatic carbocycles. The van der Waals surface area contributed by atoms with Crippen molar-refractivity contribution in [3.8, 4) is 5.75 Å². The molecule has 1 aliphatic carbocycles. The maximum atomic E-state index is 13.5. The number of hydrogen-bond donors (Lipinski definition) is 0. The van der Waals surface area contributed by atoms with E-state index in [1.54, 1.807) is 24.3 Å². The van der Waals surface area contributed by atoms with Crippen molar-refractivity contribution in [2.45, 2.75) is 37.6 Å². The van der Waals surface area contributed by atoms with E-state index in [0.717, 1.165) is 18.9 Å². The number of nitro groups is 1. The van der Waals surface area contributed by atoms with Crippen molar-refractivity contribution >= 4 is 33.0 Å². The second-order valence-electron chi connectivity index (χ2n) is 6.88. The average molecular weight is 425 g/mol. The number of hydrogen-bond acceptors (Lipinski definition) is 5. The van der Waals surface area contributed by atoms with Crippen LogP contribution in [-0.4, -0.2) is 26.5 Å². The van der Waals surface area contributed by atoms with Crippen LogP contribution in [0.25, 0.3) is 0 Å². The monoisotopic (exact) mass is 424 g/mol. The van der Waals surface area contributed by atoms with Gasteiger partial charge in [-0.2, -0.15) is 0 Å². The molecule has 0 saturated heterocycles. The molecule has 1 fully saturated rings. The second-order valence-corrected chi connectivity index (χ2v) is 9.11. The molecule has 150 valence electrons. The zero-order valence-corrected chi connectivity index (χ0v) is 17.3. The van der Waals surface area contributed by atoms with Gasteiger partial charge in [-0.25, -0.2) is 8.42 Å². The number of rotatable bonds is 7. The quantitative estimate of drug-likeness (QED) is 0.480. The van der Waals surface area contributed by atoms with Gasteiger partial charge in [-0.15, -0.1) is 0 Å². The lowest BCUT2D eigenvalue weighted by Crippen LogP contribution is -2.40. The lowest BCUT2D eigenvalue weighted by Gasteiger charge is -2.31. The Morgan fingerprint density at radius 3 is 2.36 bits per heavy atom. The van der Waals surface area contributed by atoms with Crippen molar-refractivity contribution in [1.82, 2.24) is 0 Å². The molecule has 0 spiro atoms. The molecule has 0 aliphatic heterocycles. The zero-order chi connectivity index (χ0) is 20.6. The zero-order valence-electron chi connectivity index (χ0n) is 15.8. The lowest BCUT2D eigenvalue weighted by atomic mass is 10.2. The van der Waals surface area contributed by atoms with Gasteiger partial charge in [-0.1, -0.05) is 11.6 Å². The minimum atomic E-state index is -4.07. The normalized spacial score (nSPS) is 15.1. The predicted octanol–water partition coefficient (Wildman–Crippen LogP) is 4.56. The minimum absolute atomic E-state index is 0.0431. The summed E-state index contributed by atoms with van der Waals surface area (Å²) in [5.74, 6) is 0.849. The number of benzene rings is 2. The van der Waals surface area contributed by atoms with Gasteiger partial charge < -0.3 is 4.74 Å². The molecule has 0 amide bonds. The van der Waals surface area contributed by atoms with E-state index in [2.05, 4.69) is 0 Å². The van der Waals surface area contributed by atoms with Crippen LogP contribution in [-0.2, 0) is 10.0 Å². The van der Waals surface area contributed by atoms with E-state index in [-0.39, 0.29) is 33.1 Å². The van der Waals surface area contributed by atoms with Crippen LogP contribution in [0.2, 0.25) is 5.02 Å². The SMILES string of the molecule is COc1ccc(N(C(C)C2CC2)S(=O)(=O)c2cc(Cl)c(C)c([N+](=O)[O-])c2)cc1. The van der Waals surface area contributed by atoms with Gasteiger partial charge in [0.2, 0.25) is 0 Å². The predicted molar refractivity (Wildman–Crippen MR) is 108 cm³/mol. The van der Waals surface area contributed by atoms with E-state index in [1.165, 1.54) is 24.4 Å². The van der Waals surface area contributed by atoms with Gasteiger partial charge in [0.05, 0.1) is 27.6 Å². The van der Waals surface area contributed by atoms with Gasteiger partial charge >= 0.3 is 0 Å². The molecule has 1 atom stereocenters. The summed E-state index contributed by atoms with van der Waals surface area (Å²) in [5.41, 5.74) is 0.385. The molecule has 1 saturated carbocycles. The van der Waals surface area contributed by atoms with Crippen molar-refractivity contribution in [2.24, 2.45) is 5.92 Å².